The number of ether oxygens (including phenoxy) is 1. The second-order valence-corrected chi connectivity index (χ2v) is 7.36. The van der Waals surface area contributed by atoms with Crippen LogP contribution >= 0.6 is 0 Å². The van der Waals surface area contributed by atoms with Gasteiger partial charge in [0.25, 0.3) is 0 Å². The summed E-state index contributed by atoms with van der Waals surface area (Å²) in [5.41, 5.74) is 8.50. The first-order valence-corrected chi connectivity index (χ1v) is 10.1. The summed E-state index contributed by atoms with van der Waals surface area (Å²) < 4.78 is 11.1. The monoisotopic (exact) mass is 404 g/mol. The smallest absolute Gasteiger partial charge is 0.305 e. The first kappa shape index (κ1) is 19.8. The van der Waals surface area contributed by atoms with Gasteiger partial charge in [-0.2, -0.15) is 0 Å². The van der Waals surface area contributed by atoms with Crippen molar-refractivity contribution in [1.29, 1.82) is 0 Å². The van der Waals surface area contributed by atoms with E-state index in [-0.39, 0.29) is 24.7 Å². The van der Waals surface area contributed by atoms with E-state index in [9.17, 15) is 9.59 Å². The number of carbonyl (C=O) groups excluding carboxylic acids is 2. The number of para-hydroxylation sites is 1. The van der Waals surface area contributed by atoms with Gasteiger partial charge in [0.15, 0.2) is 5.76 Å². The van der Waals surface area contributed by atoms with Gasteiger partial charge in [-0.25, -0.2) is 0 Å². The number of fused-ring (bicyclic) bond motifs is 1. The Morgan fingerprint density at radius 2 is 1.70 bits per heavy atom. The van der Waals surface area contributed by atoms with Gasteiger partial charge < -0.3 is 9.15 Å². The Balaban J connectivity index is 1.25. The van der Waals surface area contributed by atoms with Crippen LogP contribution < -0.4 is 15.6 Å². The van der Waals surface area contributed by atoms with Gasteiger partial charge in [-0.05, 0) is 66.6 Å². The fourth-order valence-electron chi connectivity index (χ4n) is 3.56. The van der Waals surface area contributed by atoms with Gasteiger partial charge in [-0.3, -0.25) is 20.4 Å². The first-order valence-electron chi connectivity index (χ1n) is 10.1. The number of nitrogens with one attached hydrogen (secondary N) is 2. The van der Waals surface area contributed by atoms with Crippen molar-refractivity contribution in [2.45, 2.75) is 38.7 Å². The Morgan fingerprint density at radius 1 is 0.900 bits per heavy atom. The molecule has 30 heavy (non-hydrogen) atoms. The molecular formula is C24H24N2O4. The Labute approximate surface area is 175 Å². The first-order chi connectivity index (χ1) is 14.7. The van der Waals surface area contributed by atoms with Crippen LogP contribution in [0.15, 0.2) is 65.1 Å². The van der Waals surface area contributed by atoms with Crippen molar-refractivity contribution in [3.8, 4) is 5.75 Å². The zero-order chi connectivity index (χ0) is 20.8. The van der Waals surface area contributed by atoms with Crippen LogP contribution in [-0.2, 0) is 30.7 Å². The molecule has 1 heterocycles. The standard InChI is InChI=1S/C24H24N2O4/c27-23(15-17-10-11-18-6-4-5-7-19(18)14-17)25-26-24(28)22-13-12-21(30-22)16-29-20-8-2-1-3-9-20/h1-3,8-14H,4-7,15-16H2,(H,25,27)(H,26,28). The molecule has 2 N–H and O–H groups in total. The number of hydrogen-bond donors (Lipinski definition) is 2. The summed E-state index contributed by atoms with van der Waals surface area (Å²) in [6.45, 7) is 0.210. The van der Waals surface area contributed by atoms with E-state index in [1.165, 1.54) is 24.0 Å². The van der Waals surface area contributed by atoms with Crippen molar-refractivity contribution in [2.75, 3.05) is 0 Å². The zero-order valence-corrected chi connectivity index (χ0v) is 16.6. The maximum absolute atomic E-state index is 12.2. The lowest BCUT2D eigenvalue weighted by Gasteiger charge is -2.16. The highest BCUT2D eigenvalue weighted by Gasteiger charge is 2.14. The van der Waals surface area contributed by atoms with E-state index in [1.807, 2.05) is 36.4 Å². The molecule has 1 aliphatic carbocycles. The summed E-state index contributed by atoms with van der Waals surface area (Å²) in [5.74, 6) is 0.549. The fraction of sp³-hybridized carbons (Fsp3) is 0.250. The molecule has 4 rings (SSSR count). The van der Waals surface area contributed by atoms with Crippen LogP contribution in [0, 0.1) is 0 Å². The van der Waals surface area contributed by atoms with Crippen LogP contribution in [0.3, 0.4) is 0 Å². The molecule has 0 unspecified atom stereocenters. The number of furan rings is 1. The van der Waals surface area contributed by atoms with Gasteiger partial charge in [0.2, 0.25) is 5.91 Å². The van der Waals surface area contributed by atoms with E-state index in [2.05, 4.69) is 23.0 Å². The van der Waals surface area contributed by atoms with Gasteiger partial charge in [0.1, 0.15) is 18.1 Å². The number of aryl methyl sites for hydroxylation is 2. The molecule has 0 spiro atoms. The van der Waals surface area contributed by atoms with Gasteiger partial charge in [0, 0.05) is 0 Å². The van der Waals surface area contributed by atoms with E-state index in [4.69, 9.17) is 9.15 Å². The number of carbonyl (C=O) groups is 2. The Morgan fingerprint density at radius 3 is 2.53 bits per heavy atom. The van der Waals surface area contributed by atoms with Gasteiger partial charge >= 0.3 is 5.91 Å². The molecule has 0 saturated heterocycles. The SMILES string of the molecule is O=C(Cc1ccc2c(c1)CCCC2)NNC(=O)c1ccc(COc2ccccc2)o1. The number of hydrogen-bond acceptors (Lipinski definition) is 4. The fourth-order valence-corrected chi connectivity index (χ4v) is 3.56. The van der Waals surface area contributed by atoms with Crippen molar-refractivity contribution in [1.82, 2.24) is 10.9 Å². The van der Waals surface area contributed by atoms with Crippen LogP contribution in [0.2, 0.25) is 0 Å². The maximum atomic E-state index is 12.2. The van der Waals surface area contributed by atoms with Gasteiger partial charge in [-0.15, -0.1) is 0 Å². The molecular weight excluding hydrogens is 380 g/mol. The van der Waals surface area contributed by atoms with E-state index in [0.717, 1.165) is 18.4 Å². The molecule has 6 heteroatoms. The van der Waals surface area contributed by atoms with Crippen molar-refractivity contribution >= 4 is 11.8 Å². The number of rotatable bonds is 6. The summed E-state index contributed by atoms with van der Waals surface area (Å²) >= 11 is 0. The maximum Gasteiger partial charge on any atom is 0.305 e. The lowest BCUT2D eigenvalue weighted by Crippen LogP contribution is -2.42. The topological polar surface area (TPSA) is 80.6 Å². The normalized spacial score (nSPS) is 12.7. The van der Waals surface area contributed by atoms with Gasteiger partial charge in [-0.1, -0.05) is 36.4 Å². The Bertz CT molecular complexity index is 1030. The summed E-state index contributed by atoms with van der Waals surface area (Å²) in [5, 5.41) is 0. The second kappa shape index (κ2) is 9.31. The zero-order valence-electron chi connectivity index (χ0n) is 16.6. The van der Waals surface area contributed by atoms with Crippen molar-refractivity contribution in [3.63, 3.8) is 0 Å². The van der Waals surface area contributed by atoms with Crippen molar-refractivity contribution in [3.05, 3.63) is 88.9 Å². The number of benzene rings is 2. The highest BCUT2D eigenvalue weighted by Crippen LogP contribution is 2.22. The second-order valence-electron chi connectivity index (χ2n) is 7.36. The van der Waals surface area contributed by atoms with E-state index < -0.39 is 5.91 Å². The quantitative estimate of drug-likeness (QED) is 0.614. The van der Waals surface area contributed by atoms with Crippen LogP contribution in [0.5, 0.6) is 5.75 Å². The van der Waals surface area contributed by atoms with Crippen molar-refractivity contribution in [2.24, 2.45) is 0 Å². The van der Waals surface area contributed by atoms with E-state index in [0.29, 0.717) is 11.5 Å². The van der Waals surface area contributed by atoms with Crippen LogP contribution in [0.1, 0.15) is 45.8 Å². The minimum absolute atomic E-state index is 0.107. The molecule has 0 bridgehead atoms. The Hall–Kier alpha value is -3.54. The highest BCUT2D eigenvalue weighted by atomic mass is 16.5. The molecule has 154 valence electrons. The predicted molar refractivity (Wildman–Crippen MR) is 112 cm³/mol. The predicted octanol–water partition coefficient (Wildman–Crippen LogP) is 3.74. The van der Waals surface area contributed by atoms with E-state index >= 15 is 0 Å². The number of hydrazine groups is 1. The third-order valence-corrected chi connectivity index (χ3v) is 5.10. The van der Waals surface area contributed by atoms with Gasteiger partial charge in [0.05, 0.1) is 6.42 Å². The molecule has 2 amide bonds. The molecule has 0 fully saturated rings. The third kappa shape index (κ3) is 5.08. The van der Waals surface area contributed by atoms with Crippen molar-refractivity contribution < 1.29 is 18.7 Å². The molecule has 0 saturated carbocycles. The highest BCUT2D eigenvalue weighted by molar-refractivity contribution is 5.93. The number of amides is 2. The molecule has 3 aromatic rings. The van der Waals surface area contributed by atoms with Crippen LogP contribution in [-0.4, -0.2) is 11.8 Å². The van der Waals surface area contributed by atoms with Crippen LogP contribution in [0.25, 0.3) is 0 Å². The Kier molecular flexibility index (Phi) is 6.13. The molecule has 0 atom stereocenters. The lowest BCUT2D eigenvalue weighted by atomic mass is 9.90. The molecule has 0 radical (unpaired) electrons. The lowest BCUT2D eigenvalue weighted by molar-refractivity contribution is -0.121. The summed E-state index contributed by atoms with van der Waals surface area (Å²) in [4.78, 5) is 24.4. The average Bonchev–Trinajstić information content (AvgIpc) is 3.26. The van der Waals surface area contributed by atoms with E-state index in [1.54, 1.807) is 12.1 Å². The van der Waals surface area contributed by atoms with Crippen LogP contribution in [0.4, 0.5) is 0 Å². The molecule has 1 aromatic heterocycles. The molecule has 0 aliphatic heterocycles. The largest absolute Gasteiger partial charge is 0.486 e. The third-order valence-electron chi connectivity index (χ3n) is 5.10. The molecule has 2 aromatic carbocycles. The summed E-state index contributed by atoms with van der Waals surface area (Å²) in [6.07, 6.45) is 4.81. The molecule has 1 aliphatic rings. The minimum Gasteiger partial charge on any atom is -0.486 e. The summed E-state index contributed by atoms with van der Waals surface area (Å²) in [7, 11) is 0. The molecule has 6 nitrogen and oxygen atoms in total. The minimum atomic E-state index is -0.514. The average molecular weight is 404 g/mol. The summed E-state index contributed by atoms with van der Waals surface area (Å²) in [6, 6.07) is 18.8.